The summed E-state index contributed by atoms with van der Waals surface area (Å²) >= 11 is 0. The first-order valence-corrected chi connectivity index (χ1v) is 22.0. The molecule has 46 heavy (non-hydrogen) atoms. The van der Waals surface area contributed by atoms with Crippen LogP contribution in [0.4, 0.5) is 0 Å². The second-order valence-corrected chi connectivity index (χ2v) is 14.9. The van der Waals surface area contributed by atoms with Crippen molar-refractivity contribution in [1.29, 1.82) is 0 Å². The van der Waals surface area contributed by atoms with E-state index in [1.54, 1.807) is 0 Å². The van der Waals surface area contributed by atoms with Crippen LogP contribution in [0.1, 0.15) is 271 Å². The van der Waals surface area contributed by atoms with Crippen LogP contribution >= 0.6 is 0 Å². The van der Waals surface area contributed by atoms with Crippen LogP contribution in [0.2, 0.25) is 0 Å². The van der Waals surface area contributed by atoms with Crippen LogP contribution in [0.5, 0.6) is 0 Å². The second-order valence-electron chi connectivity index (χ2n) is 14.9. The van der Waals surface area contributed by atoms with Crippen molar-refractivity contribution >= 4 is 0 Å². The monoisotopic (exact) mass is 653 g/mol. The van der Waals surface area contributed by atoms with Crippen molar-refractivity contribution in [2.45, 2.75) is 271 Å². The Morgan fingerprint density at radius 3 is 0.391 bits per heavy atom. The van der Waals surface area contributed by atoms with Gasteiger partial charge in [-0.15, -0.1) is 0 Å². The molecule has 2 N–H and O–H groups in total. The summed E-state index contributed by atoms with van der Waals surface area (Å²) in [4.78, 5) is 0. The van der Waals surface area contributed by atoms with Gasteiger partial charge in [-0.1, -0.05) is 258 Å². The summed E-state index contributed by atoms with van der Waals surface area (Å²) in [7, 11) is 0. The molecule has 280 valence electrons. The molecular weight excluding hydrogens is 560 g/mol. The lowest BCUT2D eigenvalue weighted by Gasteiger charge is -2.03. The molecule has 0 fully saturated rings. The Morgan fingerprint density at radius 1 is 0.174 bits per heavy atom. The SMILES string of the molecule is CCCCCCCCCCCCCCCCCCCCCCO.CCCCCCCCCCCCCCCCCCCCCCO. The standard InChI is InChI=1S/2C22H46O/c2*1-2-3-4-5-6-7-8-9-10-11-12-13-14-15-16-17-18-19-20-21-22-23/h2*23H,2-22H2,1H3. The van der Waals surface area contributed by atoms with E-state index in [1.165, 1.54) is 244 Å². The normalized spacial score (nSPS) is 11.2. The van der Waals surface area contributed by atoms with Gasteiger partial charge in [0, 0.05) is 13.2 Å². The summed E-state index contributed by atoms with van der Waals surface area (Å²) in [5.74, 6) is 0. The number of hydrogen-bond acceptors (Lipinski definition) is 2. The highest BCUT2D eigenvalue weighted by atomic mass is 16.3. The van der Waals surface area contributed by atoms with Crippen LogP contribution < -0.4 is 0 Å². The Balaban J connectivity index is 0. The maximum Gasteiger partial charge on any atom is 0.0431 e. The highest BCUT2D eigenvalue weighted by Crippen LogP contribution is 2.16. The molecule has 0 aromatic heterocycles. The molecule has 0 rings (SSSR count). The van der Waals surface area contributed by atoms with Gasteiger partial charge in [-0.3, -0.25) is 0 Å². The molecule has 0 saturated heterocycles. The third-order valence-corrected chi connectivity index (χ3v) is 10.0. The Hall–Kier alpha value is -0.0800. The molecule has 0 aliphatic carbocycles. The third kappa shape index (κ3) is 50.8. The van der Waals surface area contributed by atoms with Crippen LogP contribution in [0.25, 0.3) is 0 Å². The minimum Gasteiger partial charge on any atom is -0.396 e. The molecule has 0 atom stereocenters. The quantitative estimate of drug-likeness (QED) is 0.0647. The molecule has 0 aromatic carbocycles. The maximum absolute atomic E-state index is 8.71. The first kappa shape index (κ1) is 48.0. The van der Waals surface area contributed by atoms with Gasteiger partial charge in [0.2, 0.25) is 0 Å². The van der Waals surface area contributed by atoms with E-state index in [9.17, 15) is 0 Å². The minimum absolute atomic E-state index is 0.374. The van der Waals surface area contributed by atoms with Crippen LogP contribution in [0, 0.1) is 0 Å². The summed E-state index contributed by atoms with van der Waals surface area (Å²) < 4.78 is 0. The lowest BCUT2D eigenvalue weighted by molar-refractivity contribution is 0.282. The Labute approximate surface area is 293 Å². The number of hydrogen-bond donors (Lipinski definition) is 2. The summed E-state index contributed by atoms with van der Waals surface area (Å²) in [6, 6.07) is 0. The van der Waals surface area contributed by atoms with Gasteiger partial charge < -0.3 is 10.2 Å². The van der Waals surface area contributed by atoms with Crippen molar-refractivity contribution in [3.8, 4) is 0 Å². The number of unbranched alkanes of at least 4 members (excludes halogenated alkanes) is 38. The predicted octanol–water partition coefficient (Wildman–Crippen LogP) is 15.6. The summed E-state index contributed by atoms with van der Waals surface area (Å²) in [5, 5.41) is 17.4. The van der Waals surface area contributed by atoms with E-state index in [2.05, 4.69) is 13.8 Å². The summed E-state index contributed by atoms with van der Waals surface area (Å²) in [6.07, 6.45) is 56.2. The molecule has 0 bridgehead atoms. The van der Waals surface area contributed by atoms with Gasteiger partial charge in [0.15, 0.2) is 0 Å². The number of aliphatic hydroxyl groups is 2. The zero-order valence-electron chi connectivity index (χ0n) is 32.6. The molecule has 0 aliphatic heterocycles. The van der Waals surface area contributed by atoms with Gasteiger partial charge in [-0.25, -0.2) is 0 Å². The average Bonchev–Trinajstić information content (AvgIpc) is 3.07. The highest BCUT2D eigenvalue weighted by molar-refractivity contribution is 4.52. The van der Waals surface area contributed by atoms with Crippen LogP contribution in [0.3, 0.4) is 0 Å². The smallest absolute Gasteiger partial charge is 0.0431 e. The lowest BCUT2D eigenvalue weighted by atomic mass is 10.0. The van der Waals surface area contributed by atoms with Gasteiger partial charge in [0.1, 0.15) is 0 Å². The van der Waals surface area contributed by atoms with Crippen LogP contribution in [-0.2, 0) is 0 Å². The maximum atomic E-state index is 8.71. The predicted molar refractivity (Wildman–Crippen MR) is 210 cm³/mol. The van der Waals surface area contributed by atoms with Gasteiger partial charge >= 0.3 is 0 Å². The van der Waals surface area contributed by atoms with Crippen LogP contribution in [-0.4, -0.2) is 23.4 Å². The Bertz CT molecular complexity index is 383. The van der Waals surface area contributed by atoms with E-state index < -0.39 is 0 Å². The average molecular weight is 653 g/mol. The van der Waals surface area contributed by atoms with E-state index in [0.717, 1.165) is 12.8 Å². The van der Waals surface area contributed by atoms with E-state index in [-0.39, 0.29) is 0 Å². The van der Waals surface area contributed by atoms with Gasteiger partial charge in [-0.05, 0) is 12.8 Å². The molecule has 0 saturated carbocycles. The zero-order valence-corrected chi connectivity index (χ0v) is 32.6. The van der Waals surface area contributed by atoms with Gasteiger partial charge in [0.25, 0.3) is 0 Å². The Morgan fingerprint density at radius 2 is 0.283 bits per heavy atom. The van der Waals surface area contributed by atoms with E-state index in [1.807, 2.05) is 0 Å². The number of aliphatic hydroxyl groups excluding tert-OH is 2. The van der Waals surface area contributed by atoms with E-state index >= 15 is 0 Å². The molecule has 2 heteroatoms. The molecule has 2 nitrogen and oxygen atoms in total. The first-order chi connectivity index (χ1) is 22.8. The fraction of sp³-hybridized carbons (Fsp3) is 1.00. The molecule has 0 heterocycles. The summed E-state index contributed by atoms with van der Waals surface area (Å²) in [6.45, 7) is 5.33. The van der Waals surface area contributed by atoms with Crippen LogP contribution in [0.15, 0.2) is 0 Å². The first-order valence-electron chi connectivity index (χ1n) is 22.0. The summed E-state index contributed by atoms with van der Waals surface area (Å²) in [5.41, 5.74) is 0. The molecular formula is C44H92O2. The number of rotatable bonds is 40. The topological polar surface area (TPSA) is 40.5 Å². The van der Waals surface area contributed by atoms with Crippen molar-refractivity contribution in [1.82, 2.24) is 0 Å². The van der Waals surface area contributed by atoms with E-state index in [0.29, 0.717) is 13.2 Å². The fourth-order valence-corrected chi connectivity index (χ4v) is 6.73. The van der Waals surface area contributed by atoms with Gasteiger partial charge in [-0.2, -0.15) is 0 Å². The molecule has 0 radical (unpaired) electrons. The lowest BCUT2D eigenvalue weighted by Crippen LogP contribution is -1.85. The van der Waals surface area contributed by atoms with Crippen molar-refractivity contribution in [3.05, 3.63) is 0 Å². The third-order valence-electron chi connectivity index (χ3n) is 10.0. The largest absolute Gasteiger partial charge is 0.396 e. The molecule has 0 aromatic rings. The van der Waals surface area contributed by atoms with Crippen molar-refractivity contribution in [2.24, 2.45) is 0 Å². The van der Waals surface area contributed by atoms with Crippen molar-refractivity contribution in [2.75, 3.05) is 13.2 Å². The highest BCUT2D eigenvalue weighted by Gasteiger charge is 1.97. The van der Waals surface area contributed by atoms with E-state index in [4.69, 9.17) is 10.2 Å². The Kier molecular flexibility index (Phi) is 51.5. The zero-order chi connectivity index (χ0) is 33.7. The minimum atomic E-state index is 0.374. The van der Waals surface area contributed by atoms with Crippen molar-refractivity contribution < 1.29 is 10.2 Å². The van der Waals surface area contributed by atoms with Crippen molar-refractivity contribution in [3.63, 3.8) is 0 Å². The molecule has 0 amide bonds. The molecule has 0 aliphatic rings. The second kappa shape index (κ2) is 49.3. The molecule has 0 unspecified atom stereocenters. The van der Waals surface area contributed by atoms with Gasteiger partial charge in [0.05, 0.1) is 0 Å². The fourth-order valence-electron chi connectivity index (χ4n) is 6.73. The molecule has 0 spiro atoms.